The highest BCUT2D eigenvalue weighted by molar-refractivity contribution is 6.04. The zero-order valence-electron chi connectivity index (χ0n) is 11.9. The monoisotopic (exact) mass is 276 g/mol. The third-order valence-corrected chi connectivity index (χ3v) is 3.51. The molecule has 2 N–H and O–H groups in total. The average Bonchev–Trinajstić information content (AvgIpc) is 2.85. The molecule has 0 spiro atoms. The molecular formula is C14H20N4O2. The molecule has 1 fully saturated rings. The Morgan fingerprint density at radius 2 is 2.00 bits per heavy atom. The largest absolute Gasteiger partial charge is 0.364 e. The van der Waals surface area contributed by atoms with Crippen LogP contribution in [0.4, 0.5) is 0 Å². The molecule has 1 aromatic rings. The summed E-state index contributed by atoms with van der Waals surface area (Å²) in [6.45, 7) is 5.77. The lowest BCUT2D eigenvalue weighted by molar-refractivity contribution is 0.0772. The lowest BCUT2D eigenvalue weighted by Gasteiger charge is -2.17. The number of carbonyl (C=O) groups is 2. The number of nitrogens with two attached hydrogens (primary N) is 1. The summed E-state index contributed by atoms with van der Waals surface area (Å²) in [5.41, 5.74) is 5.24. The predicted octanol–water partition coefficient (Wildman–Crippen LogP) is 1.08. The van der Waals surface area contributed by atoms with E-state index >= 15 is 0 Å². The number of hydrogen-bond acceptors (Lipinski definition) is 4. The highest BCUT2D eigenvalue weighted by atomic mass is 16.2. The zero-order valence-corrected chi connectivity index (χ0v) is 11.9. The van der Waals surface area contributed by atoms with E-state index in [9.17, 15) is 9.59 Å². The van der Waals surface area contributed by atoms with Crippen molar-refractivity contribution in [1.82, 2.24) is 14.9 Å². The van der Waals surface area contributed by atoms with Gasteiger partial charge in [-0.05, 0) is 24.7 Å². The number of carbonyl (C=O) groups excluding carboxylic acids is 2. The quantitative estimate of drug-likeness (QED) is 0.891. The summed E-state index contributed by atoms with van der Waals surface area (Å²) in [5, 5.41) is 0. The van der Waals surface area contributed by atoms with E-state index in [1.165, 1.54) is 12.4 Å². The summed E-state index contributed by atoms with van der Waals surface area (Å²) in [7, 11) is 0. The number of likely N-dealkylation sites (tertiary alicyclic amines) is 1. The van der Waals surface area contributed by atoms with Crippen molar-refractivity contribution in [2.45, 2.75) is 26.7 Å². The molecule has 0 saturated carbocycles. The summed E-state index contributed by atoms with van der Waals surface area (Å²) in [4.78, 5) is 33.3. The molecule has 1 aliphatic rings. The number of rotatable bonds is 4. The van der Waals surface area contributed by atoms with Gasteiger partial charge in [0.25, 0.3) is 11.8 Å². The molecule has 6 nitrogen and oxygen atoms in total. The number of amides is 2. The smallest absolute Gasteiger partial charge is 0.274 e. The van der Waals surface area contributed by atoms with Crippen LogP contribution in [0.5, 0.6) is 0 Å². The minimum absolute atomic E-state index is 0.0511. The topological polar surface area (TPSA) is 89.2 Å². The van der Waals surface area contributed by atoms with E-state index < -0.39 is 5.91 Å². The van der Waals surface area contributed by atoms with E-state index in [1.807, 2.05) is 0 Å². The Hall–Kier alpha value is -1.98. The number of aromatic nitrogens is 2. The van der Waals surface area contributed by atoms with Crippen molar-refractivity contribution >= 4 is 11.8 Å². The van der Waals surface area contributed by atoms with Gasteiger partial charge in [0.05, 0.1) is 0 Å². The first-order chi connectivity index (χ1) is 9.49. The van der Waals surface area contributed by atoms with Crippen LogP contribution in [0.2, 0.25) is 0 Å². The molecule has 108 valence electrons. The molecule has 1 aromatic heterocycles. The van der Waals surface area contributed by atoms with Crippen LogP contribution in [-0.4, -0.2) is 39.8 Å². The van der Waals surface area contributed by atoms with E-state index in [-0.39, 0.29) is 17.3 Å². The van der Waals surface area contributed by atoms with Gasteiger partial charge in [-0.3, -0.25) is 9.59 Å². The van der Waals surface area contributed by atoms with Gasteiger partial charge < -0.3 is 10.6 Å². The average molecular weight is 276 g/mol. The van der Waals surface area contributed by atoms with E-state index in [1.54, 1.807) is 4.90 Å². The maximum absolute atomic E-state index is 12.4. The molecule has 2 amide bonds. The first-order valence-electron chi connectivity index (χ1n) is 6.89. The van der Waals surface area contributed by atoms with E-state index in [2.05, 4.69) is 23.8 Å². The lowest BCUT2D eigenvalue weighted by Crippen LogP contribution is -2.32. The molecule has 6 heteroatoms. The van der Waals surface area contributed by atoms with Gasteiger partial charge in [0.2, 0.25) is 0 Å². The van der Waals surface area contributed by atoms with Gasteiger partial charge in [-0.25, -0.2) is 9.97 Å². The molecule has 0 aromatic carbocycles. The van der Waals surface area contributed by atoms with Crippen LogP contribution in [0, 0.1) is 11.8 Å². The molecule has 1 saturated heterocycles. The van der Waals surface area contributed by atoms with Crippen molar-refractivity contribution in [3.05, 3.63) is 23.8 Å². The fourth-order valence-electron chi connectivity index (χ4n) is 2.70. The Morgan fingerprint density at radius 1 is 1.35 bits per heavy atom. The maximum atomic E-state index is 12.4. The second kappa shape index (κ2) is 5.98. The van der Waals surface area contributed by atoms with Gasteiger partial charge in [-0.1, -0.05) is 13.8 Å². The van der Waals surface area contributed by atoms with Crippen molar-refractivity contribution in [2.24, 2.45) is 17.6 Å². The van der Waals surface area contributed by atoms with Crippen LogP contribution in [0.15, 0.2) is 12.4 Å². The van der Waals surface area contributed by atoms with Crippen molar-refractivity contribution in [3.8, 4) is 0 Å². The summed E-state index contributed by atoms with van der Waals surface area (Å²) in [6.07, 6.45) is 4.87. The number of primary amides is 1. The lowest BCUT2D eigenvalue weighted by atomic mass is 9.97. The molecule has 0 bridgehead atoms. The summed E-state index contributed by atoms with van der Waals surface area (Å²) < 4.78 is 0. The third-order valence-electron chi connectivity index (χ3n) is 3.51. The van der Waals surface area contributed by atoms with Crippen molar-refractivity contribution in [1.29, 1.82) is 0 Å². The predicted molar refractivity (Wildman–Crippen MR) is 74.0 cm³/mol. The summed E-state index contributed by atoms with van der Waals surface area (Å²) >= 11 is 0. The fraction of sp³-hybridized carbons (Fsp3) is 0.571. The van der Waals surface area contributed by atoms with E-state index in [0.717, 1.165) is 12.8 Å². The summed E-state index contributed by atoms with van der Waals surface area (Å²) in [5.74, 6) is 0.165. The SMILES string of the molecule is CC(C)C[C@H]1CCN(C(=O)c2nccnc2C(N)=O)C1. The molecule has 2 heterocycles. The van der Waals surface area contributed by atoms with Gasteiger partial charge in [0.1, 0.15) is 0 Å². The normalized spacial score (nSPS) is 18.6. The maximum Gasteiger partial charge on any atom is 0.274 e. The molecule has 0 radical (unpaired) electrons. The minimum Gasteiger partial charge on any atom is -0.364 e. The first-order valence-corrected chi connectivity index (χ1v) is 6.89. The van der Waals surface area contributed by atoms with Crippen LogP contribution in [0.1, 0.15) is 47.7 Å². The standard InChI is InChI=1S/C14H20N4O2/c1-9(2)7-10-3-6-18(8-10)14(20)12-11(13(15)19)16-4-5-17-12/h4-5,9-10H,3,6-8H2,1-2H3,(H2,15,19)/t10-/m1/s1. The van der Waals surface area contributed by atoms with Crippen molar-refractivity contribution < 1.29 is 9.59 Å². The van der Waals surface area contributed by atoms with Crippen LogP contribution in [0.25, 0.3) is 0 Å². The van der Waals surface area contributed by atoms with Gasteiger partial charge >= 0.3 is 0 Å². The molecule has 2 rings (SSSR count). The number of hydrogen-bond donors (Lipinski definition) is 1. The number of nitrogens with zero attached hydrogens (tertiary/aromatic N) is 3. The molecule has 1 aliphatic heterocycles. The van der Waals surface area contributed by atoms with Gasteiger partial charge in [-0.15, -0.1) is 0 Å². The van der Waals surface area contributed by atoms with Gasteiger partial charge in [0.15, 0.2) is 11.4 Å². The molecule has 1 atom stereocenters. The zero-order chi connectivity index (χ0) is 14.7. The Balaban J connectivity index is 2.11. The molecule has 0 unspecified atom stereocenters. The second-order valence-corrected chi connectivity index (χ2v) is 5.65. The van der Waals surface area contributed by atoms with Gasteiger partial charge in [-0.2, -0.15) is 0 Å². The third kappa shape index (κ3) is 3.12. The fourth-order valence-corrected chi connectivity index (χ4v) is 2.70. The minimum atomic E-state index is -0.723. The van der Waals surface area contributed by atoms with Crippen LogP contribution in [0.3, 0.4) is 0 Å². The van der Waals surface area contributed by atoms with Gasteiger partial charge in [0, 0.05) is 25.5 Å². The molecular weight excluding hydrogens is 256 g/mol. The summed E-state index contributed by atoms with van der Waals surface area (Å²) in [6, 6.07) is 0. The Morgan fingerprint density at radius 3 is 2.60 bits per heavy atom. The van der Waals surface area contributed by atoms with Crippen molar-refractivity contribution in [2.75, 3.05) is 13.1 Å². The van der Waals surface area contributed by atoms with Crippen molar-refractivity contribution in [3.63, 3.8) is 0 Å². The Bertz CT molecular complexity index is 516. The van der Waals surface area contributed by atoms with Crippen LogP contribution in [-0.2, 0) is 0 Å². The Kier molecular flexibility index (Phi) is 4.32. The second-order valence-electron chi connectivity index (χ2n) is 5.65. The first kappa shape index (κ1) is 14.4. The highest BCUT2D eigenvalue weighted by Crippen LogP contribution is 2.24. The van der Waals surface area contributed by atoms with E-state index in [0.29, 0.717) is 24.9 Å². The van der Waals surface area contributed by atoms with E-state index in [4.69, 9.17) is 5.73 Å². The Labute approximate surface area is 118 Å². The molecule has 20 heavy (non-hydrogen) atoms. The van der Waals surface area contributed by atoms with Crippen LogP contribution >= 0.6 is 0 Å². The van der Waals surface area contributed by atoms with Crippen LogP contribution < -0.4 is 5.73 Å². The highest BCUT2D eigenvalue weighted by Gasteiger charge is 2.30. The molecule has 0 aliphatic carbocycles.